The summed E-state index contributed by atoms with van der Waals surface area (Å²) in [4.78, 5) is 4.63. The maximum atomic E-state index is 6.25. The zero-order valence-corrected chi connectivity index (χ0v) is 26.4. The Kier molecular flexibility index (Phi) is 7.74. The minimum Gasteiger partial charge on any atom is -0.658 e. The molecule has 5 aromatic rings. The summed E-state index contributed by atoms with van der Waals surface area (Å²) < 4.78 is 6.25. The fourth-order valence-electron chi connectivity index (χ4n) is 4.91. The number of aromatic nitrogens is 1. The second kappa shape index (κ2) is 11.0. The van der Waals surface area contributed by atoms with E-state index in [1.165, 1.54) is 11.1 Å². The number of nitrogens with zero attached hydrogens (tertiary/aromatic N) is 2. The van der Waals surface area contributed by atoms with Gasteiger partial charge in [-0.25, -0.2) is 0 Å². The second-order valence-corrected chi connectivity index (χ2v) is 12.4. The van der Waals surface area contributed by atoms with E-state index in [2.05, 4.69) is 89.0 Å². The molecule has 0 N–H and O–H groups in total. The minimum absolute atomic E-state index is 0. The number of ether oxygens (including phenoxy) is 1. The van der Waals surface area contributed by atoms with Crippen molar-refractivity contribution in [3.05, 3.63) is 120 Å². The first-order valence-corrected chi connectivity index (χ1v) is 13.8. The van der Waals surface area contributed by atoms with Crippen LogP contribution in [-0.2, 0) is 33.2 Å². The van der Waals surface area contributed by atoms with Gasteiger partial charge in [0.05, 0.1) is 0 Å². The monoisotopic (exact) mass is 718 g/mol. The van der Waals surface area contributed by atoms with Crippen LogP contribution in [0.4, 0.5) is 11.4 Å². The fourth-order valence-corrected chi connectivity index (χ4v) is 4.91. The Balaban J connectivity index is 0.00000337. The minimum atomic E-state index is -0.0703. The van der Waals surface area contributed by atoms with Crippen LogP contribution in [0.1, 0.15) is 52.7 Å². The molecule has 4 aromatic carbocycles. The topological polar surface area (TPSA) is 36.2 Å². The molecule has 2 heterocycles. The third kappa shape index (κ3) is 5.90. The summed E-state index contributed by atoms with van der Waals surface area (Å²) in [5.74, 6) is 1.53. The zero-order chi connectivity index (χ0) is 28.1. The number of pyridine rings is 1. The van der Waals surface area contributed by atoms with Crippen LogP contribution < -0.4 is 4.74 Å². The van der Waals surface area contributed by atoms with Crippen molar-refractivity contribution in [3.8, 4) is 45.0 Å². The van der Waals surface area contributed by atoms with Gasteiger partial charge in [0.25, 0.3) is 0 Å². The molecule has 0 unspecified atom stereocenters. The van der Waals surface area contributed by atoms with Crippen molar-refractivity contribution in [2.75, 3.05) is 0 Å². The Bertz CT molecular complexity index is 1710. The first-order chi connectivity index (χ1) is 19.1. The molecular weight excluding hydrogens is 685 g/mol. The van der Waals surface area contributed by atoms with Crippen LogP contribution in [-0.4, -0.2) is 4.98 Å². The van der Waals surface area contributed by atoms with Gasteiger partial charge in [-0.15, -0.1) is 40.1 Å². The first-order valence-electron chi connectivity index (χ1n) is 13.8. The summed E-state index contributed by atoms with van der Waals surface area (Å²) in [6.45, 7) is 13.5. The molecule has 4 heteroatoms. The Morgan fingerprint density at radius 1 is 0.634 bits per heavy atom. The van der Waals surface area contributed by atoms with Crippen molar-refractivity contribution in [1.29, 1.82) is 0 Å². The predicted octanol–water partition coefficient (Wildman–Crippen LogP) is 10.7. The largest absolute Gasteiger partial charge is 3.00 e. The van der Waals surface area contributed by atoms with Crippen molar-refractivity contribution in [2.45, 2.75) is 52.4 Å². The van der Waals surface area contributed by atoms with E-state index in [9.17, 15) is 0 Å². The number of benzene rings is 4. The molecule has 0 atom stereocenters. The zero-order valence-electron chi connectivity index (χ0n) is 24.3. The average molecular weight is 719 g/mol. The molecule has 0 aliphatic carbocycles. The summed E-state index contributed by atoms with van der Waals surface area (Å²) >= 11 is 0. The molecule has 3 nitrogen and oxygen atoms in total. The van der Waals surface area contributed by atoms with Gasteiger partial charge in [-0.2, -0.15) is 35.4 Å². The molecule has 0 spiro atoms. The van der Waals surface area contributed by atoms with E-state index < -0.39 is 0 Å². The van der Waals surface area contributed by atoms with Gasteiger partial charge in [0.2, 0.25) is 0 Å². The van der Waals surface area contributed by atoms with E-state index in [1.54, 1.807) is 0 Å². The smallest absolute Gasteiger partial charge is 0.658 e. The Morgan fingerprint density at radius 3 is 1.88 bits per heavy atom. The van der Waals surface area contributed by atoms with E-state index in [0.717, 1.165) is 56.4 Å². The molecule has 6 rings (SSSR count). The molecule has 0 bridgehead atoms. The summed E-state index contributed by atoms with van der Waals surface area (Å²) in [6, 6.07) is 36.4. The van der Waals surface area contributed by atoms with E-state index in [1.807, 2.05) is 60.8 Å². The van der Waals surface area contributed by atoms with E-state index in [0.29, 0.717) is 0 Å². The number of para-hydroxylation sites is 3. The normalized spacial score (nSPS) is 12.3. The quantitative estimate of drug-likeness (QED) is 0.135. The summed E-state index contributed by atoms with van der Waals surface area (Å²) in [5, 5.41) is 5.02. The third-order valence-electron chi connectivity index (χ3n) is 7.31. The van der Waals surface area contributed by atoms with Crippen LogP contribution in [0.5, 0.6) is 11.5 Å². The van der Waals surface area contributed by atoms with Gasteiger partial charge in [0.1, 0.15) is 11.5 Å². The van der Waals surface area contributed by atoms with Gasteiger partial charge >= 0.3 is 22.4 Å². The molecule has 0 saturated heterocycles. The van der Waals surface area contributed by atoms with Crippen LogP contribution in [0.25, 0.3) is 38.8 Å². The maximum absolute atomic E-state index is 6.25. The Hall–Kier alpha value is -3.63. The number of hydrogen-bond acceptors (Lipinski definition) is 2. The van der Waals surface area contributed by atoms with Gasteiger partial charge in [-0.3, -0.25) is 4.98 Å². The fraction of sp³-hybridized carbons (Fsp3) is 0.216. The van der Waals surface area contributed by atoms with Gasteiger partial charge in [0, 0.05) is 11.9 Å². The average Bonchev–Trinajstić information content (AvgIpc) is 2.95. The van der Waals surface area contributed by atoms with Crippen LogP contribution in [0.3, 0.4) is 0 Å². The van der Waals surface area contributed by atoms with Gasteiger partial charge in [-0.1, -0.05) is 95.3 Å². The van der Waals surface area contributed by atoms with E-state index >= 15 is 0 Å². The van der Waals surface area contributed by atoms with Crippen molar-refractivity contribution < 1.29 is 27.1 Å². The van der Waals surface area contributed by atoms with Crippen molar-refractivity contribution in [3.63, 3.8) is 0 Å². The van der Waals surface area contributed by atoms with Crippen molar-refractivity contribution in [1.82, 2.24) is 4.98 Å². The summed E-state index contributed by atoms with van der Waals surface area (Å²) in [5.41, 5.74) is 9.89. The Labute approximate surface area is 259 Å². The standard InChI is InChI=1S/C37H33N2O.Au/c1-36(2,3)28-20-24(25-19-27(31-13-9-10-17-38-31)23-29(21-25)37(4,5)6)18-26(22-28)30-12-11-16-34-35(30)39-32-14-7-8-15-33(32)40-34;/h7-17,20-23H,1-6H3;/q-3;+3. The maximum Gasteiger partial charge on any atom is 3.00 e. The van der Waals surface area contributed by atoms with Crippen LogP contribution in [0.15, 0.2) is 91.1 Å². The van der Waals surface area contributed by atoms with Crippen molar-refractivity contribution >= 4 is 11.4 Å². The number of rotatable bonds is 3. The molecule has 208 valence electrons. The van der Waals surface area contributed by atoms with Gasteiger partial charge in [-0.05, 0) is 29.0 Å². The van der Waals surface area contributed by atoms with E-state index in [-0.39, 0.29) is 33.2 Å². The van der Waals surface area contributed by atoms with Crippen LogP contribution in [0, 0.1) is 12.1 Å². The molecule has 1 aromatic heterocycles. The van der Waals surface area contributed by atoms with Crippen LogP contribution >= 0.6 is 0 Å². The molecule has 0 amide bonds. The van der Waals surface area contributed by atoms with Gasteiger partial charge < -0.3 is 10.1 Å². The van der Waals surface area contributed by atoms with E-state index in [4.69, 9.17) is 10.1 Å². The molecule has 0 saturated carbocycles. The molecule has 41 heavy (non-hydrogen) atoms. The second-order valence-electron chi connectivity index (χ2n) is 12.4. The summed E-state index contributed by atoms with van der Waals surface area (Å²) in [6.07, 6.45) is 1.83. The molecule has 0 radical (unpaired) electrons. The first kappa shape index (κ1) is 28.9. The third-order valence-corrected chi connectivity index (χ3v) is 7.31. The molecule has 1 aliphatic rings. The van der Waals surface area contributed by atoms with Crippen molar-refractivity contribution in [2.24, 2.45) is 0 Å². The SMILES string of the molecule is CC(C)(C)c1cc(-c2[c-]c(-c3cccc4c3[N-]c3ccccc3O4)cc(C(C)(C)C)c2)[c-]c(-c2ccccn2)c1.[Au+3]. The van der Waals surface area contributed by atoms with Gasteiger partial charge in [0.15, 0.2) is 0 Å². The predicted molar refractivity (Wildman–Crippen MR) is 165 cm³/mol. The summed E-state index contributed by atoms with van der Waals surface area (Å²) in [7, 11) is 0. The molecule has 1 aliphatic heterocycles. The molecular formula is C37H33AuN2O. The van der Waals surface area contributed by atoms with Crippen LogP contribution in [0.2, 0.25) is 0 Å². The Morgan fingerprint density at radius 2 is 1.22 bits per heavy atom. The molecule has 0 fully saturated rings. The number of fused-ring (bicyclic) bond motifs is 2. The number of hydrogen-bond donors (Lipinski definition) is 0.